The monoisotopic (exact) mass is 369 g/mol. The number of benzene rings is 2. The first-order valence-electron chi connectivity index (χ1n) is 9.17. The highest BCUT2D eigenvalue weighted by Crippen LogP contribution is 2.31. The van der Waals surface area contributed by atoms with Gasteiger partial charge < -0.3 is 9.73 Å². The van der Waals surface area contributed by atoms with Crippen LogP contribution in [0.15, 0.2) is 51.7 Å². The average Bonchev–Trinajstić information content (AvgIpc) is 2.63. The number of hydrogen-bond acceptors (Lipinski definition) is 3. The number of nitrogens with one attached hydrogen (secondary N) is 1. The lowest BCUT2D eigenvalue weighted by Gasteiger charge is -2.10. The van der Waals surface area contributed by atoms with Crippen molar-refractivity contribution in [3.63, 3.8) is 0 Å². The van der Waals surface area contributed by atoms with Gasteiger partial charge in [-0.1, -0.05) is 49.4 Å². The van der Waals surface area contributed by atoms with Crippen LogP contribution in [0.3, 0.4) is 0 Å². The number of unbranched alkanes of at least 4 members (excludes halogenated alkanes) is 3. The molecule has 3 nitrogen and oxygen atoms in total. The molecule has 0 spiro atoms. The summed E-state index contributed by atoms with van der Waals surface area (Å²) in [7, 11) is 0. The molecule has 26 heavy (non-hydrogen) atoms. The van der Waals surface area contributed by atoms with Crippen LogP contribution in [0.25, 0.3) is 22.3 Å². The number of fused-ring (bicyclic) bond motifs is 1. The van der Waals surface area contributed by atoms with Crippen molar-refractivity contribution in [2.24, 2.45) is 0 Å². The Labute approximate surface area is 159 Å². The van der Waals surface area contributed by atoms with Gasteiger partial charge in [-0.2, -0.15) is 0 Å². The molecule has 0 unspecified atom stereocenters. The van der Waals surface area contributed by atoms with Gasteiger partial charge in [-0.25, -0.2) is 0 Å². The molecule has 0 aliphatic rings. The molecule has 0 amide bonds. The summed E-state index contributed by atoms with van der Waals surface area (Å²) in [6.45, 7) is 5.08. The van der Waals surface area contributed by atoms with Crippen LogP contribution in [0.1, 0.15) is 38.2 Å². The maximum Gasteiger partial charge on any atom is 0.193 e. The lowest BCUT2D eigenvalue weighted by molar-refractivity contribution is 0.619. The fourth-order valence-corrected chi connectivity index (χ4v) is 3.22. The molecule has 1 aromatic heterocycles. The smallest absolute Gasteiger partial charge is 0.193 e. The van der Waals surface area contributed by atoms with Crippen LogP contribution in [0, 0.1) is 6.92 Å². The zero-order valence-corrected chi connectivity index (χ0v) is 16.0. The number of halogens is 1. The average molecular weight is 370 g/mol. The largest absolute Gasteiger partial charge is 0.456 e. The first-order valence-corrected chi connectivity index (χ1v) is 9.54. The molecule has 1 heterocycles. The summed E-state index contributed by atoms with van der Waals surface area (Å²) in [5.74, 6) is 0.492. The van der Waals surface area contributed by atoms with Gasteiger partial charge in [-0.05, 0) is 43.7 Å². The van der Waals surface area contributed by atoms with Crippen LogP contribution in [-0.2, 0) is 0 Å². The Bertz CT molecular complexity index is 962. The van der Waals surface area contributed by atoms with Crippen molar-refractivity contribution < 1.29 is 4.42 Å². The summed E-state index contributed by atoms with van der Waals surface area (Å²) in [4.78, 5) is 12.5. The Balaban J connectivity index is 1.88. The fraction of sp³-hybridized carbons (Fsp3) is 0.318. The van der Waals surface area contributed by atoms with Crippen LogP contribution in [0.5, 0.6) is 0 Å². The Kier molecular flexibility index (Phi) is 6.00. The van der Waals surface area contributed by atoms with Gasteiger partial charge in [0.05, 0.1) is 10.4 Å². The molecule has 0 fully saturated rings. The topological polar surface area (TPSA) is 42.2 Å². The third-order valence-electron chi connectivity index (χ3n) is 4.47. The van der Waals surface area contributed by atoms with Crippen molar-refractivity contribution in [1.82, 2.24) is 0 Å². The molecule has 0 aliphatic heterocycles. The predicted molar refractivity (Wildman–Crippen MR) is 110 cm³/mol. The summed E-state index contributed by atoms with van der Waals surface area (Å²) in [5.41, 5.74) is 3.26. The second-order valence-electron chi connectivity index (χ2n) is 6.66. The molecule has 4 heteroatoms. The Morgan fingerprint density at radius 3 is 2.69 bits per heavy atom. The van der Waals surface area contributed by atoms with Crippen molar-refractivity contribution in [1.29, 1.82) is 0 Å². The quantitative estimate of drug-likeness (QED) is 0.489. The van der Waals surface area contributed by atoms with Crippen molar-refractivity contribution in [3.05, 3.63) is 63.3 Å². The van der Waals surface area contributed by atoms with E-state index in [0.29, 0.717) is 21.8 Å². The van der Waals surface area contributed by atoms with Crippen LogP contribution in [0.4, 0.5) is 5.69 Å². The van der Waals surface area contributed by atoms with Gasteiger partial charge in [0.1, 0.15) is 11.3 Å². The Morgan fingerprint density at radius 1 is 1.04 bits per heavy atom. The molecule has 2 aromatic carbocycles. The zero-order chi connectivity index (χ0) is 18.5. The zero-order valence-electron chi connectivity index (χ0n) is 15.3. The molecule has 0 aliphatic carbocycles. The minimum atomic E-state index is -0.0565. The maximum absolute atomic E-state index is 12.5. The molecular weight excluding hydrogens is 346 g/mol. The number of rotatable bonds is 7. The Hall–Kier alpha value is -2.26. The van der Waals surface area contributed by atoms with Crippen molar-refractivity contribution in [2.45, 2.75) is 39.5 Å². The highest BCUT2D eigenvalue weighted by molar-refractivity contribution is 6.33. The van der Waals surface area contributed by atoms with Crippen LogP contribution in [0.2, 0.25) is 5.02 Å². The molecule has 0 radical (unpaired) electrons. The van der Waals surface area contributed by atoms with E-state index in [0.717, 1.165) is 29.8 Å². The number of anilines is 1. The van der Waals surface area contributed by atoms with Gasteiger partial charge in [0.25, 0.3) is 0 Å². The normalized spacial score (nSPS) is 11.0. The number of hydrogen-bond donors (Lipinski definition) is 1. The van der Waals surface area contributed by atoms with Crippen LogP contribution < -0.4 is 10.7 Å². The van der Waals surface area contributed by atoms with Crippen molar-refractivity contribution in [2.75, 3.05) is 11.9 Å². The second kappa shape index (κ2) is 8.41. The molecule has 0 bridgehead atoms. The van der Waals surface area contributed by atoms with Gasteiger partial charge in [-0.15, -0.1) is 0 Å². The summed E-state index contributed by atoms with van der Waals surface area (Å²) in [5, 5.41) is 4.58. The third kappa shape index (κ3) is 4.28. The molecule has 3 rings (SSSR count). The van der Waals surface area contributed by atoms with E-state index in [1.165, 1.54) is 25.3 Å². The van der Waals surface area contributed by atoms with E-state index < -0.39 is 0 Å². The summed E-state index contributed by atoms with van der Waals surface area (Å²) in [6, 6.07) is 12.9. The van der Waals surface area contributed by atoms with Crippen molar-refractivity contribution >= 4 is 28.3 Å². The predicted octanol–water partition coefficient (Wildman–Crippen LogP) is 6.41. The molecule has 3 aromatic rings. The van der Waals surface area contributed by atoms with E-state index in [4.69, 9.17) is 16.0 Å². The molecule has 0 saturated heterocycles. The Morgan fingerprint density at radius 2 is 1.88 bits per heavy atom. The highest BCUT2D eigenvalue weighted by atomic mass is 35.5. The van der Waals surface area contributed by atoms with Crippen LogP contribution in [-0.4, -0.2) is 6.54 Å². The lowest BCUT2D eigenvalue weighted by atomic mass is 10.1. The minimum absolute atomic E-state index is 0.0565. The molecule has 0 saturated carbocycles. The molecule has 136 valence electrons. The van der Waals surface area contributed by atoms with Crippen molar-refractivity contribution in [3.8, 4) is 11.3 Å². The van der Waals surface area contributed by atoms with E-state index in [9.17, 15) is 4.79 Å². The van der Waals surface area contributed by atoms with E-state index in [-0.39, 0.29) is 5.43 Å². The number of aryl methyl sites for hydroxylation is 1. The summed E-state index contributed by atoms with van der Waals surface area (Å²) >= 11 is 6.37. The van der Waals surface area contributed by atoms with Gasteiger partial charge in [0, 0.05) is 23.9 Å². The lowest BCUT2D eigenvalue weighted by Crippen LogP contribution is -2.03. The second-order valence-corrected chi connectivity index (χ2v) is 7.06. The minimum Gasteiger partial charge on any atom is -0.456 e. The molecule has 1 N–H and O–H groups in total. The third-order valence-corrected chi connectivity index (χ3v) is 4.80. The van der Waals surface area contributed by atoms with Crippen LogP contribution >= 0.6 is 11.6 Å². The van der Waals surface area contributed by atoms with E-state index in [2.05, 4.69) is 12.2 Å². The van der Waals surface area contributed by atoms with Gasteiger partial charge in [-0.3, -0.25) is 4.79 Å². The maximum atomic E-state index is 12.5. The first kappa shape index (κ1) is 18.5. The van der Waals surface area contributed by atoms with Gasteiger partial charge >= 0.3 is 0 Å². The van der Waals surface area contributed by atoms with E-state index in [1.54, 1.807) is 0 Å². The van der Waals surface area contributed by atoms with E-state index >= 15 is 0 Å². The standard InChI is InChI=1S/C22H24ClNO2/c1-3-4-5-6-11-24-16-8-9-19(23)17(13-16)22-14-20(25)18-12-15(2)7-10-21(18)26-22/h7-10,12-14,24H,3-6,11H2,1-2H3. The molecular formula is C22H24ClNO2. The first-order chi connectivity index (χ1) is 12.6. The van der Waals surface area contributed by atoms with E-state index in [1.807, 2.05) is 43.3 Å². The van der Waals surface area contributed by atoms with Gasteiger partial charge in [0.15, 0.2) is 5.43 Å². The summed E-state index contributed by atoms with van der Waals surface area (Å²) in [6.07, 6.45) is 4.85. The fourth-order valence-electron chi connectivity index (χ4n) is 3.01. The highest BCUT2D eigenvalue weighted by Gasteiger charge is 2.11. The van der Waals surface area contributed by atoms with Gasteiger partial charge in [0.2, 0.25) is 0 Å². The summed E-state index contributed by atoms with van der Waals surface area (Å²) < 4.78 is 5.96. The SMILES string of the molecule is CCCCCCNc1ccc(Cl)c(-c2cc(=O)c3cc(C)ccc3o2)c1. The molecule has 0 atom stereocenters.